The van der Waals surface area contributed by atoms with Crippen molar-refractivity contribution in [3.05, 3.63) is 59.0 Å². The second kappa shape index (κ2) is 10.7. The van der Waals surface area contributed by atoms with Crippen molar-refractivity contribution in [2.24, 2.45) is 0 Å². The zero-order valence-corrected chi connectivity index (χ0v) is 18.2. The topological polar surface area (TPSA) is 89.6 Å². The molecule has 0 saturated heterocycles. The molecule has 2 amide bonds. The van der Waals surface area contributed by atoms with Crippen LogP contribution < -0.4 is 20.1 Å². The van der Waals surface area contributed by atoms with E-state index in [-0.39, 0.29) is 23.6 Å². The van der Waals surface area contributed by atoms with E-state index >= 15 is 0 Å². The molecular weight excluding hydrogens is 440 g/mol. The molecule has 3 aromatic rings. The third-order valence-electron chi connectivity index (χ3n) is 4.46. The maximum absolute atomic E-state index is 12.4. The third-order valence-corrected chi connectivity index (χ3v) is 5.22. The van der Waals surface area contributed by atoms with Crippen LogP contribution in [0.15, 0.2) is 47.8 Å². The normalized spacial score (nSPS) is 10.7. The number of rotatable bonds is 9. The van der Waals surface area contributed by atoms with E-state index in [2.05, 4.69) is 27.3 Å². The average Bonchev–Trinajstić information content (AvgIpc) is 3.25. The van der Waals surface area contributed by atoms with Gasteiger partial charge in [0.05, 0.1) is 19.3 Å². The van der Waals surface area contributed by atoms with Crippen molar-refractivity contribution >= 4 is 28.3 Å². The van der Waals surface area contributed by atoms with Crippen LogP contribution in [0.5, 0.6) is 11.5 Å². The number of halogens is 2. The SMILES string of the molecule is CCc1ccc(-c2csc(NC(=O)CNC(=O)c3ccc(OC(F)F)c(OC)c3)n2)cc1. The van der Waals surface area contributed by atoms with Crippen molar-refractivity contribution in [1.29, 1.82) is 0 Å². The van der Waals surface area contributed by atoms with Crippen LogP contribution in [-0.4, -0.2) is 37.1 Å². The first-order chi connectivity index (χ1) is 15.4. The number of aromatic nitrogens is 1. The van der Waals surface area contributed by atoms with Crippen molar-refractivity contribution in [2.75, 3.05) is 19.0 Å². The van der Waals surface area contributed by atoms with Gasteiger partial charge in [-0.25, -0.2) is 4.98 Å². The second-order valence-corrected chi connectivity index (χ2v) is 7.42. The summed E-state index contributed by atoms with van der Waals surface area (Å²) in [6.45, 7) is -1.23. The van der Waals surface area contributed by atoms with Crippen LogP contribution in [0.2, 0.25) is 0 Å². The fraction of sp³-hybridized carbons (Fsp3) is 0.227. The predicted molar refractivity (Wildman–Crippen MR) is 118 cm³/mol. The van der Waals surface area contributed by atoms with Gasteiger partial charge >= 0.3 is 6.61 Å². The fourth-order valence-corrected chi connectivity index (χ4v) is 3.54. The van der Waals surface area contributed by atoms with Crippen molar-refractivity contribution < 1.29 is 27.8 Å². The molecule has 0 spiro atoms. The monoisotopic (exact) mass is 461 g/mol. The first kappa shape index (κ1) is 23.1. The van der Waals surface area contributed by atoms with E-state index in [1.807, 2.05) is 29.6 Å². The molecule has 10 heteroatoms. The van der Waals surface area contributed by atoms with Gasteiger partial charge in [0.15, 0.2) is 16.6 Å². The Labute approximate surface area is 187 Å². The Kier molecular flexibility index (Phi) is 7.72. The van der Waals surface area contributed by atoms with Gasteiger partial charge < -0.3 is 20.1 Å². The standard InChI is InChI=1S/C22H21F2N3O4S/c1-3-13-4-6-14(7-5-13)16-12-32-22(26-16)27-19(28)11-25-20(29)15-8-9-17(31-21(23)24)18(10-15)30-2/h4-10,12,21H,3,11H2,1-2H3,(H,25,29)(H,26,27,28). The van der Waals surface area contributed by atoms with Gasteiger partial charge in [-0.3, -0.25) is 9.59 Å². The molecule has 0 saturated carbocycles. The highest BCUT2D eigenvalue weighted by molar-refractivity contribution is 7.14. The maximum Gasteiger partial charge on any atom is 0.387 e. The minimum absolute atomic E-state index is 0.0234. The molecule has 7 nitrogen and oxygen atoms in total. The quantitative estimate of drug-likeness (QED) is 0.495. The summed E-state index contributed by atoms with van der Waals surface area (Å²) in [5.41, 5.74) is 3.04. The number of benzene rings is 2. The molecule has 0 bridgehead atoms. The van der Waals surface area contributed by atoms with E-state index in [1.54, 1.807) is 0 Å². The Balaban J connectivity index is 1.55. The van der Waals surface area contributed by atoms with Gasteiger partial charge in [0.1, 0.15) is 0 Å². The summed E-state index contributed by atoms with van der Waals surface area (Å²) in [6, 6.07) is 11.8. The number of nitrogens with zero attached hydrogens (tertiary/aromatic N) is 1. The van der Waals surface area contributed by atoms with E-state index in [1.165, 1.54) is 42.2 Å². The summed E-state index contributed by atoms with van der Waals surface area (Å²) in [4.78, 5) is 28.9. The molecule has 3 rings (SSSR count). The van der Waals surface area contributed by atoms with Gasteiger partial charge in [-0.2, -0.15) is 8.78 Å². The highest BCUT2D eigenvalue weighted by atomic mass is 32.1. The lowest BCUT2D eigenvalue weighted by Crippen LogP contribution is -2.32. The summed E-state index contributed by atoms with van der Waals surface area (Å²) in [5, 5.41) is 7.35. The molecule has 2 N–H and O–H groups in total. The molecular formula is C22H21F2N3O4S. The third kappa shape index (κ3) is 6.01. The summed E-state index contributed by atoms with van der Waals surface area (Å²) >= 11 is 1.28. The number of thiazole rings is 1. The Morgan fingerprint density at radius 2 is 1.88 bits per heavy atom. The number of alkyl halides is 2. The zero-order chi connectivity index (χ0) is 23.1. The molecule has 32 heavy (non-hydrogen) atoms. The molecule has 0 atom stereocenters. The average molecular weight is 461 g/mol. The van der Waals surface area contributed by atoms with Crippen LogP contribution in [0.4, 0.5) is 13.9 Å². The first-order valence-electron chi connectivity index (χ1n) is 9.65. The summed E-state index contributed by atoms with van der Waals surface area (Å²) in [6.07, 6.45) is 0.949. The van der Waals surface area contributed by atoms with Gasteiger partial charge in [-0.1, -0.05) is 31.2 Å². The molecule has 2 aromatic carbocycles. The minimum Gasteiger partial charge on any atom is -0.493 e. The van der Waals surface area contributed by atoms with Crippen LogP contribution in [0, 0.1) is 0 Å². The number of aryl methyl sites for hydroxylation is 1. The largest absolute Gasteiger partial charge is 0.493 e. The molecule has 0 fully saturated rings. The number of carbonyl (C=O) groups excluding carboxylic acids is 2. The van der Waals surface area contributed by atoms with Gasteiger partial charge in [0.2, 0.25) is 5.91 Å². The van der Waals surface area contributed by atoms with E-state index in [9.17, 15) is 18.4 Å². The molecule has 0 radical (unpaired) electrons. The Morgan fingerprint density at radius 1 is 1.12 bits per heavy atom. The smallest absolute Gasteiger partial charge is 0.387 e. The molecule has 0 aliphatic rings. The fourth-order valence-electron chi connectivity index (χ4n) is 2.80. The molecule has 168 valence electrons. The zero-order valence-electron chi connectivity index (χ0n) is 17.4. The van der Waals surface area contributed by atoms with Gasteiger partial charge in [-0.05, 0) is 30.2 Å². The lowest BCUT2D eigenvalue weighted by atomic mass is 10.1. The van der Waals surface area contributed by atoms with Crippen molar-refractivity contribution in [1.82, 2.24) is 10.3 Å². The first-order valence-corrected chi connectivity index (χ1v) is 10.5. The minimum atomic E-state index is -3.02. The van der Waals surface area contributed by atoms with Gasteiger partial charge in [0, 0.05) is 16.5 Å². The molecule has 0 unspecified atom stereocenters. The predicted octanol–water partition coefficient (Wildman–Crippen LogP) is 4.35. The van der Waals surface area contributed by atoms with E-state index in [4.69, 9.17) is 4.74 Å². The van der Waals surface area contributed by atoms with E-state index < -0.39 is 18.4 Å². The van der Waals surface area contributed by atoms with Crippen LogP contribution in [-0.2, 0) is 11.2 Å². The number of hydrogen-bond acceptors (Lipinski definition) is 6. The number of anilines is 1. The molecule has 0 aliphatic carbocycles. The number of hydrogen-bond donors (Lipinski definition) is 2. The highest BCUT2D eigenvalue weighted by Gasteiger charge is 2.15. The van der Waals surface area contributed by atoms with Crippen LogP contribution in [0.1, 0.15) is 22.8 Å². The number of methoxy groups -OCH3 is 1. The summed E-state index contributed by atoms with van der Waals surface area (Å²) in [5.74, 6) is -1.24. The van der Waals surface area contributed by atoms with Crippen molar-refractivity contribution in [3.63, 3.8) is 0 Å². The van der Waals surface area contributed by atoms with Crippen LogP contribution in [0.25, 0.3) is 11.3 Å². The van der Waals surface area contributed by atoms with Crippen molar-refractivity contribution in [3.8, 4) is 22.8 Å². The molecule has 1 heterocycles. The highest BCUT2D eigenvalue weighted by Crippen LogP contribution is 2.29. The summed E-state index contributed by atoms with van der Waals surface area (Å²) < 4.78 is 34.1. The molecule has 1 aromatic heterocycles. The number of amides is 2. The lowest BCUT2D eigenvalue weighted by molar-refractivity contribution is -0.115. The van der Waals surface area contributed by atoms with E-state index in [0.717, 1.165) is 17.7 Å². The maximum atomic E-state index is 12.4. The van der Waals surface area contributed by atoms with Gasteiger partial charge in [0.25, 0.3) is 5.91 Å². The number of carbonyl (C=O) groups is 2. The summed E-state index contributed by atoms with van der Waals surface area (Å²) in [7, 11) is 1.27. The Hall–Kier alpha value is -3.53. The number of ether oxygens (including phenoxy) is 2. The Bertz CT molecular complexity index is 1090. The van der Waals surface area contributed by atoms with E-state index in [0.29, 0.717) is 5.13 Å². The number of nitrogens with one attached hydrogen (secondary N) is 2. The van der Waals surface area contributed by atoms with Crippen molar-refractivity contribution in [2.45, 2.75) is 20.0 Å². The lowest BCUT2D eigenvalue weighted by Gasteiger charge is -2.11. The Morgan fingerprint density at radius 3 is 2.53 bits per heavy atom. The van der Waals surface area contributed by atoms with Crippen LogP contribution >= 0.6 is 11.3 Å². The van der Waals surface area contributed by atoms with Gasteiger partial charge in [-0.15, -0.1) is 11.3 Å². The van der Waals surface area contributed by atoms with Crippen LogP contribution in [0.3, 0.4) is 0 Å². The molecule has 0 aliphatic heterocycles. The second-order valence-electron chi connectivity index (χ2n) is 6.56.